The Labute approximate surface area is 128 Å². The molecule has 4 rings (SSSR count). The summed E-state index contributed by atoms with van der Waals surface area (Å²) in [5.74, 6) is 1.48. The quantitative estimate of drug-likeness (QED) is 0.919. The lowest BCUT2D eigenvalue weighted by Gasteiger charge is -2.25. The summed E-state index contributed by atoms with van der Waals surface area (Å²) in [6.45, 7) is 3.07. The number of likely N-dealkylation sites (tertiary alicyclic amines) is 1. The van der Waals surface area contributed by atoms with Gasteiger partial charge in [-0.2, -0.15) is 0 Å². The second-order valence-corrected chi connectivity index (χ2v) is 7.13. The van der Waals surface area contributed by atoms with E-state index in [1.54, 1.807) is 11.3 Å². The topological polar surface area (TPSA) is 58.3 Å². The molecule has 5 nitrogen and oxygen atoms in total. The Kier molecular flexibility index (Phi) is 3.32. The van der Waals surface area contributed by atoms with Crippen molar-refractivity contribution >= 4 is 27.4 Å². The Morgan fingerprint density at radius 3 is 3.05 bits per heavy atom. The standard InChI is InChI=1S/C15H21N5S/c1-19-10-2-3-11(19)8-20(6-4-10)9-13-17-14(16)12-5-7-21-15(12)18-13/h5,7,10-11H,2-4,6,8-9H2,1H3,(H2,16,17,18). The van der Waals surface area contributed by atoms with E-state index in [9.17, 15) is 0 Å². The highest BCUT2D eigenvalue weighted by Gasteiger charge is 2.34. The van der Waals surface area contributed by atoms with E-state index in [1.165, 1.54) is 19.3 Å². The lowest BCUT2D eigenvalue weighted by Crippen LogP contribution is -2.36. The summed E-state index contributed by atoms with van der Waals surface area (Å²) in [6.07, 6.45) is 3.94. The van der Waals surface area contributed by atoms with Crippen LogP contribution >= 0.6 is 11.3 Å². The van der Waals surface area contributed by atoms with E-state index < -0.39 is 0 Å². The average Bonchev–Trinajstić information content (AvgIpc) is 2.99. The number of hydrogen-bond donors (Lipinski definition) is 1. The Balaban J connectivity index is 1.54. The van der Waals surface area contributed by atoms with Crippen LogP contribution in [0.3, 0.4) is 0 Å². The van der Waals surface area contributed by atoms with Gasteiger partial charge in [-0.25, -0.2) is 9.97 Å². The van der Waals surface area contributed by atoms with Gasteiger partial charge in [0.25, 0.3) is 0 Å². The van der Waals surface area contributed by atoms with Crippen LogP contribution in [0.4, 0.5) is 5.82 Å². The highest BCUT2D eigenvalue weighted by Crippen LogP contribution is 2.29. The Morgan fingerprint density at radius 2 is 2.14 bits per heavy atom. The van der Waals surface area contributed by atoms with Crippen molar-refractivity contribution in [2.45, 2.75) is 37.9 Å². The first-order valence-corrected chi connectivity index (χ1v) is 8.52. The van der Waals surface area contributed by atoms with Crippen LogP contribution in [-0.2, 0) is 6.54 Å². The zero-order valence-corrected chi connectivity index (χ0v) is 13.1. The van der Waals surface area contributed by atoms with Gasteiger partial charge in [-0.15, -0.1) is 11.3 Å². The van der Waals surface area contributed by atoms with Crippen LogP contribution in [-0.4, -0.2) is 52.0 Å². The summed E-state index contributed by atoms with van der Waals surface area (Å²) >= 11 is 1.64. The lowest BCUT2D eigenvalue weighted by atomic mass is 10.1. The van der Waals surface area contributed by atoms with Gasteiger partial charge in [0.2, 0.25) is 0 Å². The van der Waals surface area contributed by atoms with Crippen molar-refractivity contribution in [1.29, 1.82) is 0 Å². The summed E-state index contributed by atoms with van der Waals surface area (Å²) in [5.41, 5.74) is 6.05. The molecule has 21 heavy (non-hydrogen) atoms. The SMILES string of the molecule is CN1C2CCC1CN(Cc1nc(N)c3ccsc3n1)CC2. The van der Waals surface area contributed by atoms with E-state index in [1.807, 2.05) is 11.4 Å². The van der Waals surface area contributed by atoms with E-state index in [4.69, 9.17) is 5.73 Å². The Hall–Kier alpha value is -1.24. The minimum atomic E-state index is 0.615. The van der Waals surface area contributed by atoms with Crippen LogP contribution in [0.2, 0.25) is 0 Å². The molecule has 2 unspecified atom stereocenters. The molecular weight excluding hydrogens is 282 g/mol. The number of nitrogen functional groups attached to an aromatic ring is 1. The van der Waals surface area contributed by atoms with Gasteiger partial charge in [-0.05, 0) is 37.8 Å². The molecule has 112 valence electrons. The van der Waals surface area contributed by atoms with E-state index in [0.717, 1.165) is 41.7 Å². The highest BCUT2D eigenvalue weighted by molar-refractivity contribution is 7.16. The van der Waals surface area contributed by atoms with Gasteiger partial charge < -0.3 is 5.73 Å². The summed E-state index contributed by atoms with van der Waals surface area (Å²) < 4.78 is 0. The number of nitrogens with zero attached hydrogens (tertiary/aromatic N) is 4. The number of thiophene rings is 1. The van der Waals surface area contributed by atoms with Crippen molar-refractivity contribution in [3.05, 3.63) is 17.3 Å². The van der Waals surface area contributed by atoms with E-state index >= 15 is 0 Å². The first-order valence-electron chi connectivity index (χ1n) is 7.64. The van der Waals surface area contributed by atoms with Gasteiger partial charge in [0.15, 0.2) is 0 Å². The highest BCUT2D eigenvalue weighted by atomic mass is 32.1. The molecule has 2 atom stereocenters. The second-order valence-electron chi connectivity index (χ2n) is 6.24. The molecule has 0 aromatic carbocycles. The Morgan fingerprint density at radius 1 is 1.29 bits per heavy atom. The third kappa shape index (κ3) is 2.41. The number of hydrogen-bond acceptors (Lipinski definition) is 6. The Bertz CT molecular complexity index is 655. The molecule has 0 radical (unpaired) electrons. The normalized spacial score (nSPS) is 27.3. The predicted octanol–water partition coefficient (Wildman–Crippen LogP) is 1.94. The molecule has 6 heteroatoms. The van der Waals surface area contributed by atoms with Gasteiger partial charge in [0.05, 0.1) is 11.9 Å². The van der Waals surface area contributed by atoms with Crippen LogP contribution in [0, 0.1) is 0 Å². The number of aromatic nitrogens is 2. The maximum atomic E-state index is 6.05. The maximum absolute atomic E-state index is 6.05. The molecule has 2 aliphatic heterocycles. The first kappa shape index (κ1) is 13.4. The third-order valence-corrected chi connectivity index (χ3v) is 5.81. The summed E-state index contributed by atoms with van der Waals surface area (Å²) in [5, 5.41) is 3.01. The summed E-state index contributed by atoms with van der Waals surface area (Å²) in [7, 11) is 2.28. The van der Waals surface area contributed by atoms with Crippen molar-refractivity contribution in [2.75, 3.05) is 25.9 Å². The molecule has 0 amide bonds. The van der Waals surface area contributed by atoms with Crippen molar-refractivity contribution in [1.82, 2.24) is 19.8 Å². The smallest absolute Gasteiger partial charge is 0.146 e. The summed E-state index contributed by atoms with van der Waals surface area (Å²) in [4.78, 5) is 15.2. The molecule has 2 aromatic rings. The third-order valence-electron chi connectivity index (χ3n) is 5.00. The van der Waals surface area contributed by atoms with E-state index in [-0.39, 0.29) is 0 Å². The number of rotatable bonds is 2. The fraction of sp³-hybridized carbons (Fsp3) is 0.600. The minimum Gasteiger partial charge on any atom is -0.383 e. The van der Waals surface area contributed by atoms with Crippen molar-refractivity contribution < 1.29 is 0 Å². The maximum Gasteiger partial charge on any atom is 0.146 e. The van der Waals surface area contributed by atoms with Gasteiger partial charge in [0.1, 0.15) is 16.5 Å². The molecule has 2 aliphatic rings. The number of fused-ring (bicyclic) bond motifs is 3. The minimum absolute atomic E-state index is 0.615. The molecule has 2 fully saturated rings. The lowest BCUT2D eigenvalue weighted by molar-refractivity contribution is 0.212. The monoisotopic (exact) mass is 303 g/mol. The molecule has 2 N–H and O–H groups in total. The fourth-order valence-electron chi connectivity index (χ4n) is 3.72. The van der Waals surface area contributed by atoms with Crippen LogP contribution in [0.15, 0.2) is 11.4 Å². The van der Waals surface area contributed by atoms with Gasteiger partial charge in [0, 0.05) is 25.2 Å². The fourth-order valence-corrected chi connectivity index (χ4v) is 4.51. The molecule has 2 saturated heterocycles. The molecule has 2 bridgehead atoms. The zero-order valence-electron chi connectivity index (χ0n) is 12.3. The van der Waals surface area contributed by atoms with Crippen molar-refractivity contribution in [2.24, 2.45) is 0 Å². The second kappa shape index (κ2) is 5.19. The van der Waals surface area contributed by atoms with Gasteiger partial charge in [-0.3, -0.25) is 9.80 Å². The number of likely N-dealkylation sites (N-methyl/N-ethyl adjacent to an activating group) is 1. The van der Waals surface area contributed by atoms with Crippen LogP contribution in [0.1, 0.15) is 25.1 Å². The molecule has 0 saturated carbocycles. The van der Waals surface area contributed by atoms with E-state index in [0.29, 0.717) is 11.9 Å². The molecule has 2 aromatic heterocycles. The zero-order chi connectivity index (χ0) is 14.4. The average molecular weight is 303 g/mol. The summed E-state index contributed by atoms with van der Waals surface area (Å²) in [6, 6.07) is 3.46. The molecule has 0 aliphatic carbocycles. The predicted molar refractivity (Wildman–Crippen MR) is 86.3 cm³/mol. The molecule has 0 spiro atoms. The van der Waals surface area contributed by atoms with Gasteiger partial charge >= 0.3 is 0 Å². The van der Waals surface area contributed by atoms with Crippen LogP contribution in [0.5, 0.6) is 0 Å². The molecule has 4 heterocycles. The van der Waals surface area contributed by atoms with Crippen molar-refractivity contribution in [3.8, 4) is 0 Å². The van der Waals surface area contributed by atoms with Crippen LogP contribution in [0.25, 0.3) is 10.2 Å². The van der Waals surface area contributed by atoms with Crippen LogP contribution < -0.4 is 5.73 Å². The molecular formula is C15H21N5S. The van der Waals surface area contributed by atoms with Gasteiger partial charge in [-0.1, -0.05) is 0 Å². The number of nitrogens with two attached hydrogens (primary N) is 1. The van der Waals surface area contributed by atoms with E-state index in [2.05, 4.69) is 26.8 Å². The van der Waals surface area contributed by atoms with Crippen molar-refractivity contribution in [3.63, 3.8) is 0 Å². The largest absolute Gasteiger partial charge is 0.383 e. The first-order chi connectivity index (χ1) is 10.2. The number of anilines is 1.